The first kappa shape index (κ1) is 38.8. The maximum atomic E-state index is 6.83. The van der Waals surface area contributed by atoms with Gasteiger partial charge in [0.05, 0.1) is 25.4 Å². The first-order valence-electron chi connectivity index (χ1n) is 15.9. The molecule has 0 bridgehead atoms. The highest BCUT2D eigenvalue weighted by Gasteiger charge is 2.40. The van der Waals surface area contributed by atoms with E-state index in [9.17, 15) is 0 Å². The van der Waals surface area contributed by atoms with Crippen LogP contribution in [0, 0.1) is 23.2 Å². The summed E-state index contributed by atoms with van der Waals surface area (Å²) in [5.74, 6) is 1.67. The molecule has 0 aliphatic heterocycles. The van der Waals surface area contributed by atoms with Gasteiger partial charge in [-0.1, -0.05) is 55.4 Å². The minimum Gasteiger partial charge on any atom is -0.379 e. The fourth-order valence-corrected chi connectivity index (χ4v) is 5.52. The summed E-state index contributed by atoms with van der Waals surface area (Å²) in [4.78, 5) is 0. The van der Waals surface area contributed by atoms with E-state index < -0.39 is 0 Å². The number of hydrogen-bond acceptors (Lipinski definition) is 6. The lowest BCUT2D eigenvalue weighted by molar-refractivity contribution is -0.214. The molecule has 0 aromatic rings. The third-order valence-electron chi connectivity index (χ3n) is 6.68. The highest BCUT2D eigenvalue weighted by Crippen LogP contribution is 2.27. The van der Waals surface area contributed by atoms with E-state index in [4.69, 9.17) is 28.4 Å². The molecule has 39 heavy (non-hydrogen) atoms. The van der Waals surface area contributed by atoms with Crippen LogP contribution in [0.15, 0.2) is 0 Å². The molecule has 236 valence electrons. The Labute approximate surface area is 243 Å². The monoisotopic (exact) mass is 561 g/mol. The second-order valence-electron chi connectivity index (χ2n) is 13.5. The van der Waals surface area contributed by atoms with E-state index in [-0.39, 0.29) is 36.6 Å². The lowest BCUT2D eigenvalue weighted by Crippen LogP contribution is -2.54. The molecule has 0 saturated heterocycles. The Kier molecular flexibility index (Phi) is 21.3. The van der Waals surface area contributed by atoms with Crippen LogP contribution in [0.2, 0.25) is 0 Å². The Morgan fingerprint density at radius 2 is 1.13 bits per heavy atom. The van der Waals surface area contributed by atoms with Crippen molar-refractivity contribution in [2.24, 2.45) is 23.2 Å². The molecular weight excluding hydrogens is 492 g/mol. The minimum atomic E-state index is -0.350. The van der Waals surface area contributed by atoms with Crippen LogP contribution >= 0.6 is 0 Å². The number of ether oxygens (including phenoxy) is 6. The molecule has 0 amide bonds. The Balaban J connectivity index is 6.05. The minimum absolute atomic E-state index is 0.0469. The van der Waals surface area contributed by atoms with Gasteiger partial charge in [0.15, 0.2) is 0 Å². The van der Waals surface area contributed by atoms with Crippen molar-refractivity contribution >= 4 is 0 Å². The molecular formula is C33H68O6. The van der Waals surface area contributed by atoms with E-state index in [1.807, 2.05) is 20.8 Å². The van der Waals surface area contributed by atoms with Gasteiger partial charge in [0.25, 0.3) is 0 Å². The topological polar surface area (TPSA) is 55.4 Å². The van der Waals surface area contributed by atoms with Gasteiger partial charge in [-0.05, 0) is 83.5 Å². The van der Waals surface area contributed by atoms with Crippen molar-refractivity contribution in [3.05, 3.63) is 0 Å². The van der Waals surface area contributed by atoms with Gasteiger partial charge >= 0.3 is 0 Å². The third-order valence-corrected chi connectivity index (χ3v) is 6.68. The van der Waals surface area contributed by atoms with Gasteiger partial charge in [-0.15, -0.1) is 0 Å². The summed E-state index contributed by atoms with van der Waals surface area (Å²) < 4.78 is 38.4. The summed E-state index contributed by atoms with van der Waals surface area (Å²) in [7, 11) is 0. The van der Waals surface area contributed by atoms with Crippen LogP contribution in [0.5, 0.6) is 0 Å². The zero-order chi connectivity index (χ0) is 30.0. The maximum Gasteiger partial charge on any atom is 0.115 e. The van der Waals surface area contributed by atoms with Gasteiger partial charge < -0.3 is 28.4 Å². The van der Waals surface area contributed by atoms with Gasteiger partial charge in [-0.25, -0.2) is 0 Å². The van der Waals surface area contributed by atoms with Gasteiger partial charge in [-0.2, -0.15) is 0 Å². The first-order chi connectivity index (χ1) is 18.2. The highest BCUT2D eigenvalue weighted by molar-refractivity contribution is 4.88. The summed E-state index contributed by atoms with van der Waals surface area (Å²) in [5.41, 5.74) is 0.322. The van der Waals surface area contributed by atoms with E-state index in [1.165, 1.54) is 6.42 Å². The van der Waals surface area contributed by atoms with Crippen molar-refractivity contribution < 1.29 is 28.4 Å². The zero-order valence-electron chi connectivity index (χ0n) is 28.2. The largest absolute Gasteiger partial charge is 0.379 e. The van der Waals surface area contributed by atoms with E-state index >= 15 is 0 Å². The van der Waals surface area contributed by atoms with Crippen LogP contribution in [0.3, 0.4) is 0 Å². The molecule has 0 aliphatic carbocycles. The van der Waals surface area contributed by atoms with Gasteiger partial charge in [0, 0.05) is 26.4 Å². The second-order valence-corrected chi connectivity index (χ2v) is 13.5. The van der Waals surface area contributed by atoms with Crippen LogP contribution in [-0.4, -0.2) is 76.3 Å². The molecule has 6 heteroatoms. The smallest absolute Gasteiger partial charge is 0.115 e. The Hall–Kier alpha value is -0.240. The molecule has 0 aromatic carbocycles. The van der Waals surface area contributed by atoms with Crippen molar-refractivity contribution in [3.63, 3.8) is 0 Å². The predicted octanol–water partition coefficient (Wildman–Crippen LogP) is 7.95. The summed E-state index contributed by atoms with van der Waals surface area (Å²) in [6.45, 7) is 31.9. The SMILES string of the molecule is CCOC[C@H](OCC)[C@@H](OCC)[C@H](OC(C)CC(C)C)[C@@H](COCCC(C)CC(C)(C)C)OC(C)CC(C)C. The van der Waals surface area contributed by atoms with Crippen molar-refractivity contribution in [1.82, 2.24) is 0 Å². The van der Waals surface area contributed by atoms with E-state index in [0.717, 1.165) is 19.3 Å². The van der Waals surface area contributed by atoms with Crippen LogP contribution < -0.4 is 0 Å². The molecule has 6 nitrogen and oxygen atoms in total. The molecule has 3 unspecified atom stereocenters. The molecule has 7 atom stereocenters. The molecule has 0 radical (unpaired) electrons. The van der Waals surface area contributed by atoms with E-state index in [2.05, 4.69) is 69.2 Å². The molecule has 0 rings (SSSR count). The van der Waals surface area contributed by atoms with Crippen LogP contribution in [0.4, 0.5) is 0 Å². The highest BCUT2D eigenvalue weighted by atomic mass is 16.6. The van der Waals surface area contributed by atoms with Crippen LogP contribution in [-0.2, 0) is 28.4 Å². The molecule has 0 spiro atoms. The normalized spacial score (nSPS) is 18.2. The molecule has 0 heterocycles. The fraction of sp³-hybridized carbons (Fsp3) is 1.00. The summed E-state index contributed by atoms with van der Waals surface area (Å²) in [5, 5.41) is 0. The Bertz CT molecular complexity index is 561. The molecule has 0 aliphatic rings. The maximum absolute atomic E-state index is 6.83. The lowest BCUT2D eigenvalue weighted by atomic mass is 9.84. The van der Waals surface area contributed by atoms with Crippen molar-refractivity contribution in [2.75, 3.05) is 39.6 Å². The number of rotatable bonds is 24. The van der Waals surface area contributed by atoms with Crippen LogP contribution in [0.1, 0.15) is 116 Å². The molecule has 0 N–H and O–H groups in total. The summed E-state index contributed by atoms with van der Waals surface area (Å²) in [6.07, 6.45) is 3.03. The standard InChI is InChI=1S/C33H68O6/c1-14-34-22-29(36-15-2)31(37-16-3)32(39-28(10)20-25(6)7)30(38-27(9)19-24(4)5)23-35-18-17-26(8)21-33(11,12)13/h24-32H,14-23H2,1-13H3/t26?,27?,28?,29-,30+,31+,32+/m0/s1. The van der Waals surface area contributed by atoms with Gasteiger partial charge in [0.1, 0.15) is 24.4 Å². The summed E-state index contributed by atoms with van der Waals surface area (Å²) in [6, 6.07) is 0. The Morgan fingerprint density at radius 1 is 0.590 bits per heavy atom. The van der Waals surface area contributed by atoms with E-state index in [1.54, 1.807) is 0 Å². The van der Waals surface area contributed by atoms with Gasteiger partial charge in [0.2, 0.25) is 0 Å². The fourth-order valence-electron chi connectivity index (χ4n) is 5.52. The van der Waals surface area contributed by atoms with E-state index in [0.29, 0.717) is 62.8 Å². The summed E-state index contributed by atoms with van der Waals surface area (Å²) >= 11 is 0. The third kappa shape index (κ3) is 19.5. The predicted molar refractivity (Wildman–Crippen MR) is 164 cm³/mol. The van der Waals surface area contributed by atoms with Crippen molar-refractivity contribution in [1.29, 1.82) is 0 Å². The average Bonchev–Trinajstić information content (AvgIpc) is 2.79. The quantitative estimate of drug-likeness (QED) is 0.112. The van der Waals surface area contributed by atoms with Gasteiger partial charge in [-0.3, -0.25) is 0 Å². The Morgan fingerprint density at radius 3 is 1.62 bits per heavy atom. The van der Waals surface area contributed by atoms with Crippen molar-refractivity contribution in [2.45, 2.75) is 152 Å². The van der Waals surface area contributed by atoms with Crippen LogP contribution in [0.25, 0.3) is 0 Å². The van der Waals surface area contributed by atoms with Crippen molar-refractivity contribution in [3.8, 4) is 0 Å². The average molecular weight is 561 g/mol. The number of hydrogen-bond donors (Lipinski definition) is 0. The first-order valence-corrected chi connectivity index (χ1v) is 15.9. The molecule has 0 saturated carbocycles. The zero-order valence-corrected chi connectivity index (χ0v) is 28.2. The second kappa shape index (κ2) is 21.5. The lowest BCUT2D eigenvalue weighted by Gasteiger charge is -2.39. The molecule has 0 aromatic heterocycles. The molecule has 0 fully saturated rings.